The number of Topliss-reactive ketones (excluding diaryl/α,β-unsaturated/α-hetero) is 1. The van der Waals surface area contributed by atoms with Crippen LogP contribution in [-0.4, -0.2) is 67.2 Å². The molecule has 2 bridgehead atoms. The maximum atomic E-state index is 13.7. The van der Waals surface area contributed by atoms with E-state index in [-0.39, 0.29) is 36.1 Å². The van der Waals surface area contributed by atoms with Crippen LogP contribution in [0.4, 0.5) is 10.1 Å². The topological polar surface area (TPSA) is 77.5 Å². The second kappa shape index (κ2) is 11.3. The fourth-order valence-electron chi connectivity index (χ4n) is 5.70. The number of nitrogens with one attached hydrogen (secondary N) is 1. The molecule has 8 heteroatoms. The average molecular weight is 519 g/mol. The molecule has 0 radical (unpaired) electrons. The molecule has 1 N–H and O–H groups in total. The minimum absolute atomic E-state index is 0.123. The Labute approximate surface area is 222 Å². The molecule has 7 nitrogen and oxygen atoms in total. The van der Waals surface area contributed by atoms with E-state index < -0.39 is 5.92 Å². The maximum absolute atomic E-state index is 13.7. The Morgan fingerprint density at radius 3 is 2.55 bits per heavy atom. The van der Waals surface area contributed by atoms with Crippen molar-refractivity contribution in [3.05, 3.63) is 89.9 Å². The lowest BCUT2D eigenvalue weighted by molar-refractivity contribution is -0.938. The number of piperidine rings is 3. The van der Waals surface area contributed by atoms with Crippen LogP contribution in [0.15, 0.2) is 72.9 Å². The number of carbonyl (C=O) groups is 2. The summed E-state index contributed by atoms with van der Waals surface area (Å²) in [4.78, 5) is 30.9. The first kappa shape index (κ1) is 25.9. The van der Waals surface area contributed by atoms with Crippen molar-refractivity contribution in [2.75, 3.05) is 45.2 Å². The van der Waals surface area contributed by atoms with Gasteiger partial charge in [-0.2, -0.15) is 0 Å². The molecular weight excluding hydrogens is 485 g/mol. The molecule has 0 amide bonds. The summed E-state index contributed by atoms with van der Waals surface area (Å²) < 4.78 is 25.7. The zero-order chi connectivity index (χ0) is 26.5. The minimum atomic E-state index is -0.647. The molecule has 198 valence electrons. The second-order valence-corrected chi connectivity index (χ2v) is 10.3. The Morgan fingerprint density at radius 1 is 1.08 bits per heavy atom. The van der Waals surface area contributed by atoms with Crippen LogP contribution in [0.25, 0.3) is 0 Å². The Morgan fingerprint density at radius 2 is 1.87 bits per heavy atom. The average Bonchev–Trinajstić information content (AvgIpc) is 2.94. The molecule has 2 atom stereocenters. The number of anilines is 1. The molecule has 1 aromatic heterocycles. The van der Waals surface area contributed by atoms with Crippen molar-refractivity contribution in [3.8, 4) is 5.88 Å². The Balaban J connectivity index is 1.30. The summed E-state index contributed by atoms with van der Waals surface area (Å²) in [5, 5.41) is 3.17. The lowest BCUT2D eigenvalue weighted by Crippen LogP contribution is -2.65. The number of ketones is 1. The Bertz CT molecular complexity index is 1260. The Kier molecular flexibility index (Phi) is 7.69. The monoisotopic (exact) mass is 518 g/mol. The van der Waals surface area contributed by atoms with Crippen LogP contribution in [0.1, 0.15) is 34.7 Å². The van der Waals surface area contributed by atoms with Gasteiger partial charge in [0.2, 0.25) is 11.7 Å². The quantitative estimate of drug-likeness (QED) is 0.243. The van der Waals surface area contributed by atoms with Crippen LogP contribution in [0.3, 0.4) is 0 Å². The van der Waals surface area contributed by atoms with E-state index in [0.717, 1.165) is 31.5 Å². The van der Waals surface area contributed by atoms with Gasteiger partial charge in [-0.15, -0.1) is 0 Å². The highest BCUT2D eigenvalue weighted by atomic mass is 19.1. The fourth-order valence-corrected chi connectivity index (χ4v) is 5.70. The molecule has 0 aliphatic carbocycles. The molecule has 4 heterocycles. The number of aromatic nitrogens is 1. The smallest absolute Gasteiger partial charge is 0.315 e. The lowest BCUT2D eigenvalue weighted by atomic mass is 9.82. The van der Waals surface area contributed by atoms with Crippen LogP contribution >= 0.6 is 0 Å². The molecule has 2 unspecified atom stereocenters. The van der Waals surface area contributed by atoms with Crippen LogP contribution < -0.4 is 10.1 Å². The third-order valence-corrected chi connectivity index (χ3v) is 7.87. The van der Waals surface area contributed by atoms with Crippen LogP contribution in [0, 0.1) is 11.7 Å². The van der Waals surface area contributed by atoms with E-state index in [9.17, 15) is 14.0 Å². The minimum Gasteiger partial charge on any atom is -0.481 e. The standard InChI is InChI=1S/C30H33FN3O4/c1-37-29-11-10-23(17-33-29)26(18-32-25-9-5-8-24(31)16-25)30(36)38-28-20-34(14-12-22(28)13-15-34)19-27(35)21-6-3-2-4-7-21/h2-11,16-17,22,26,28,32H,12-15,18-20H2,1H3/q+1. The highest BCUT2D eigenvalue weighted by Gasteiger charge is 2.49. The van der Waals surface area contributed by atoms with E-state index >= 15 is 0 Å². The molecule has 0 spiro atoms. The number of esters is 1. The maximum Gasteiger partial charge on any atom is 0.315 e. The van der Waals surface area contributed by atoms with Crippen molar-refractivity contribution in [1.29, 1.82) is 0 Å². The zero-order valence-corrected chi connectivity index (χ0v) is 21.5. The van der Waals surface area contributed by atoms with E-state index in [4.69, 9.17) is 9.47 Å². The van der Waals surface area contributed by atoms with Crippen molar-refractivity contribution in [3.63, 3.8) is 0 Å². The molecule has 3 aliphatic rings. The van der Waals surface area contributed by atoms with E-state index in [1.165, 1.54) is 19.2 Å². The van der Waals surface area contributed by atoms with E-state index in [1.807, 2.05) is 30.3 Å². The normalized spacial score (nSPS) is 22.9. The van der Waals surface area contributed by atoms with Gasteiger partial charge < -0.3 is 19.3 Å². The summed E-state index contributed by atoms with van der Waals surface area (Å²) in [7, 11) is 1.54. The summed E-state index contributed by atoms with van der Waals surface area (Å²) in [6.07, 6.45) is 3.21. The number of hydrogen-bond acceptors (Lipinski definition) is 6. The van der Waals surface area contributed by atoms with E-state index in [2.05, 4.69) is 10.3 Å². The van der Waals surface area contributed by atoms with Gasteiger partial charge >= 0.3 is 5.97 Å². The molecule has 3 saturated heterocycles. The second-order valence-electron chi connectivity index (χ2n) is 10.3. The number of fused-ring (bicyclic) bond motifs is 3. The first-order chi connectivity index (χ1) is 18.4. The Hall–Kier alpha value is -3.78. The molecule has 3 fully saturated rings. The van der Waals surface area contributed by atoms with Crippen molar-refractivity contribution in [2.45, 2.75) is 24.9 Å². The predicted octanol–water partition coefficient (Wildman–Crippen LogP) is 4.46. The molecule has 3 aliphatic heterocycles. The third-order valence-electron chi connectivity index (χ3n) is 7.87. The first-order valence-corrected chi connectivity index (χ1v) is 13.1. The number of ether oxygens (including phenoxy) is 2. The zero-order valence-electron chi connectivity index (χ0n) is 21.5. The summed E-state index contributed by atoms with van der Waals surface area (Å²) in [5.74, 6) is -0.495. The van der Waals surface area contributed by atoms with Crippen LogP contribution in [-0.2, 0) is 9.53 Å². The highest BCUT2D eigenvalue weighted by Crippen LogP contribution is 2.36. The van der Waals surface area contributed by atoms with Crippen LogP contribution in [0.2, 0.25) is 0 Å². The predicted molar refractivity (Wildman–Crippen MR) is 142 cm³/mol. The van der Waals surface area contributed by atoms with Gasteiger partial charge in [0.25, 0.3) is 0 Å². The van der Waals surface area contributed by atoms with Gasteiger partial charge in [0.1, 0.15) is 24.8 Å². The van der Waals surface area contributed by atoms with Gasteiger partial charge in [-0.25, -0.2) is 9.37 Å². The lowest BCUT2D eigenvalue weighted by Gasteiger charge is -2.51. The van der Waals surface area contributed by atoms with E-state index in [1.54, 1.807) is 30.5 Å². The van der Waals surface area contributed by atoms with Gasteiger partial charge in [0.05, 0.1) is 20.2 Å². The van der Waals surface area contributed by atoms with Gasteiger partial charge in [0.15, 0.2) is 6.10 Å². The van der Waals surface area contributed by atoms with Crippen LogP contribution in [0.5, 0.6) is 5.88 Å². The van der Waals surface area contributed by atoms with Gasteiger partial charge in [-0.1, -0.05) is 42.5 Å². The van der Waals surface area contributed by atoms with Crippen molar-refractivity contribution in [1.82, 2.24) is 4.98 Å². The molecule has 3 aromatic rings. The van der Waals surface area contributed by atoms with E-state index in [0.29, 0.717) is 34.7 Å². The van der Waals surface area contributed by atoms with Crippen molar-refractivity contribution < 1.29 is 27.9 Å². The summed E-state index contributed by atoms with van der Waals surface area (Å²) in [6.45, 7) is 3.12. The summed E-state index contributed by atoms with van der Waals surface area (Å²) in [6, 6.07) is 19.0. The van der Waals surface area contributed by atoms with Gasteiger partial charge in [-0.05, 0) is 23.8 Å². The number of hydrogen-bond donors (Lipinski definition) is 1. The van der Waals surface area contributed by atoms with Gasteiger partial charge in [0, 0.05) is 48.8 Å². The largest absolute Gasteiger partial charge is 0.481 e. The molecule has 2 aromatic carbocycles. The number of rotatable bonds is 10. The fraction of sp³-hybridized carbons (Fsp3) is 0.367. The molecular formula is C30H33FN3O4+. The number of carbonyl (C=O) groups excluding carboxylic acids is 2. The molecule has 6 rings (SSSR count). The summed E-state index contributed by atoms with van der Waals surface area (Å²) >= 11 is 0. The number of methoxy groups -OCH3 is 1. The number of pyridine rings is 1. The number of quaternary nitrogens is 1. The summed E-state index contributed by atoms with van der Waals surface area (Å²) in [5.41, 5.74) is 1.98. The van der Waals surface area contributed by atoms with Crippen molar-refractivity contribution >= 4 is 17.4 Å². The molecule has 38 heavy (non-hydrogen) atoms. The molecule has 0 saturated carbocycles. The number of nitrogens with zero attached hydrogens (tertiary/aromatic N) is 2. The SMILES string of the molecule is COc1ccc(C(CNc2cccc(F)c2)C(=O)OC2C[N+]3(CC(=O)c4ccccc4)CCC2CC3)cn1. The first-order valence-electron chi connectivity index (χ1n) is 13.1. The van der Waals surface area contributed by atoms with Gasteiger partial charge in [-0.3, -0.25) is 9.59 Å². The highest BCUT2D eigenvalue weighted by molar-refractivity contribution is 5.97. The number of halogens is 1. The van der Waals surface area contributed by atoms with Crippen molar-refractivity contribution in [2.24, 2.45) is 5.92 Å². The third kappa shape index (κ3) is 5.86. The number of benzene rings is 2.